The molecular weight excluding hydrogens is 404 g/mol. The van der Waals surface area contributed by atoms with Crippen LogP contribution in [0.5, 0.6) is 0 Å². The number of halogens is 1. The van der Waals surface area contributed by atoms with Crippen molar-refractivity contribution in [2.24, 2.45) is 0 Å². The van der Waals surface area contributed by atoms with Crippen molar-refractivity contribution in [3.63, 3.8) is 0 Å². The number of hydrogen-bond donors (Lipinski definition) is 0. The first-order valence-electron chi connectivity index (χ1n) is 9.33. The Hall–Kier alpha value is -2.14. The monoisotopic (exact) mass is 428 g/mol. The van der Waals surface area contributed by atoms with Gasteiger partial charge in [0.25, 0.3) is 0 Å². The van der Waals surface area contributed by atoms with Gasteiger partial charge in [0, 0.05) is 54.7 Å². The molecule has 0 spiro atoms. The number of carbonyl (C=O) groups excluding carboxylic acids is 2. The summed E-state index contributed by atoms with van der Waals surface area (Å²) in [5, 5.41) is 0. The first-order valence-corrected chi connectivity index (χ1v) is 10.1. The molecule has 0 aromatic heterocycles. The predicted molar refractivity (Wildman–Crippen MR) is 112 cm³/mol. The Bertz CT molecular complexity index is 825. The standard InChI is InChI=1S/C22H25BrN2O2/c1-16-4-3-5-20(17(16)2)24-12-14-25(15-13-24)22(27)11-10-21(26)18-6-8-19(23)9-7-18/h3-9H,10-15H2,1-2H3. The fraction of sp³-hybridized carbons (Fsp3) is 0.364. The van der Waals surface area contributed by atoms with E-state index < -0.39 is 0 Å². The number of aryl methyl sites for hydroxylation is 1. The Morgan fingerprint density at radius 3 is 2.26 bits per heavy atom. The Balaban J connectivity index is 1.50. The van der Waals surface area contributed by atoms with Gasteiger partial charge in [-0.3, -0.25) is 9.59 Å². The van der Waals surface area contributed by atoms with Crippen LogP contribution in [0.2, 0.25) is 0 Å². The molecule has 1 fully saturated rings. The number of anilines is 1. The van der Waals surface area contributed by atoms with Gasteiger partial charge >= 0.3 is 0 Å². The maximum atomic E-state index is 12.5. The third-order valence-corrected chi connectivity index (χ3v) is 5.81. The van der Waals surface area contributed by atoms with Crippen LogP contribution in [-0.2, 0) is 4.79 Å². The zero-order chi connectivity index (χ0) is 19.4. The van der Waals surface area contributed by atoms with Crippen LogP contribution in [-0.4, -0.2) is 42.8 Å². The molecule has 0 bridgehead atoms. The van der Waals surface area contributed by atoms with Crippen LogP contribution in [0.4, 0.5) is 5.69 Å². The van der Waals surface area contributed by atoms with E-state index in [1.165, 1.54) is 16.8 Å². The summed E-state index contributed by atoms with van der Waals surface area (Å²) in [6.45, 7) is 7.35. The van der Waals surface area contributed by atoms with Crippen molar-refractivity contribution in [2.75, 3.05) is 31.1 Å². The number of nitrogens with zero attached hydrogens (tertiary/aromatic N) is 2. The molecule has 2 aromatic carbocycles. The molecule has 0 aliphatic carbocycles. The second-order valence-electron chi connectivity index (χ2n) is 7.02. The SMILES string of the molecule is Cc1cccc(N2CCN(C(=O)CCC(=O)c3ccc(Br)cc3)CC2)c1C. The lowest BCUT2D eigenvalue weighted by atomic mass is 10.1. The van der Waals surface area contributed by atoms with E-state index in [-0.39, 0.29) is 24.5 Å². The van der Waals surface area contributed by atoms with Gasteiger partial charge in [0.05, 0.1) is 0 Å². The van der Waals surface area contributed by atoms with E-state index in [1.54, 1.807) is 12.1 Å². The Morgan fingerprint density at radius 2 is 1.59 bits per heavy atom. The quantitative estimate of drug-likeness (QED) is 0.663. The van der Waals surface area contributed by atoms with Crippen LogP contribution in [0.15, 0.2) is 46.9 Å². The van der Waals surface area contributed by atoms with Crippen molar-refractivity contribution in [3.05, 3.63) is 63.6 Å². The topological polar surface area (TPSA) is 40.6 Å². The number of piperazine rings is 1. The van der Waals surface area contributed by atoms with Crippen LogP contribution in [0.1, 0.15) is 34.3 Å². The summed E-state index contributed by atoms with van der Waals surface area (Å²) in [5.41, 5.74) is 4.51. The Kier molecular flexibility index (Phi) is 6.32. The largest absolute Gasteiger partial charge is 0.368 e. The van der Waals surface area contributed by atoms with Gasteiger partial charge < -0.3 is 9.80 Å². The Labute approximate surface area is 169 Å². The second-order valence-corrected chi connectivity index (χ2v) is 7.93. The summed E-state index contributed by atoms with van der Waals surface area (Å²) in [6, 6.07) is 13.6. The average Bonchev–Trinajstić information content (AvgIpc) is 2.68. The highest BCUT2D eigenvalue weighted by molar-refractivity contribution is 9.10. The summed E-state index contributed by atoms with van der Waals surface area (Å²) >= 11 is 3.36. The lowest BCUT2D eigenvalue weighted by molar-refractivity contribution is -0.131. The fourth-order valence-corrected chi connectivity index (χ4v) is 3.70. The molecule has 2 aromatic rings. The van der Waals surface area contributed by atoms with Gasteiger partial charge in [-0.15, -0.1) is 0 Å². The average molecular weight is 429 g/mol. The van der Waals surface area contributed by atoms with Crippen LogP contribution >= 0.6 is 15.9 Å². The lowest BCUT2D eigenvalue weighted by Crippen LogP contribution is -2.49. The van der Waals surface area contributed by atoms with Crippen LogP contribution < -0.4 is 4.90 Å². The highest BCUT2D eigenvalue weighted by atomic mass is 79.9. The van der Waals surface area contributed by atoms with E-state index in [1.807, 2.05) is 17.0 Å². The maximum absolute atomic E-state index is 12.5. The zero-order valence-corrected chi connectivity index (χ0v) is 17.5. The molecule has 0 saturated carbocycles. The van der Waals surface area contributed by atoms with Crippen molar-refractivity contribution in [1.82, 2.24) is 4.90 Å². The smallest absolute Gasteiger partial charge is 0.223 e. The lowest BCUT2D eigenvalue weighted by Gasteiger charge is -2.37. The number of ketones is 1. The molecule has 27 heavy (non-hydrogen) atoms. The van der Waals surface area contributed by atoms with Crippen LogP contribution in [0.3, 0.4) is 0 Å². The molecule has 5 heteroatoms. The van der Waals surface area contributed by atoms with E-state index in [0.717, 1.165) is 17.6 Å². The van der Waals surface area contributed by atoms with E-state index >= 15 is 0 Å². The minimum absolute atomic E-state index is 0.0184. The zero-order valence-electron chi connectivity index (χ0n) is 15.9. The fourth-order valence-electron chi connectivity index (χ4n) is 3.43. The minimum atomic E-state index is 0.0184. The molecule has 3 rings (SSSR count). The number of benzene rings is 2. The normalized spacial score (nSPS) is 14.3. The first kappa shape index (κ1) is 19.6. The van der Waals surface area contributed by atoms with Crippen molar-refractivity contribution >= 4 is 33.3 Å². The molecule has 1 amide bonds. The maximum Gasteiger partial charge on any atom is 0.223 e. The molecule has 0 N–H and O–H groups in total. The third-order valence-electron chi connectivity index (χ3n) is 5.28. The number of carbonyl (C=O) groups is 2. The van der Waals surface area contributed by atoms with Crippen molar-refractivity contribution < 1.29 is 9.59 Å². The van der Waals surface area contributed by atoms with Crippen molar-refractivity contribution in [2.45, 2.75) is 26.7 Å². The first-order chi connectivity index (χ1) is 13.0. The highest BCUT2D eigenvalue weighted by Gasteiger charge is 2.22. The van der Waals surface area contributed by atoms with E-state index in [9.17, 15) is 9.59 Å². The second kappa shape index (κ2) is 8.70. The molecule has 142 valence electrons. The van der Waals surface area contributed by atoms with Crippen LogP contribution in [0.25, 0.3) is 0 Å². The molecule has 1 aliphatic rings. The molecule has 1 heterocycles. The van der Waals surface area contributed by atoms with Crippen LogP contribution in [0, 0.1) is 13.8 Å². The summed E-state index contributed by atoms with van der Waals surface area (Å²) in [6.07, 6.45) is 0.538. The van der Waals surface area contributed by atoms with Crippen molar-refractivity contribution in [1.29, 1.82) is 0 Å². The minimum Gasteiger partial charge on any atom is -0.368 e. The van der Waals surface area contributed by atoms with Crippen molar-refractivity contribution in [3.8, 4) is 0 Å². The molecule has 4 nitrogen and oxygen atoms in total. The van der Waals surface area contributed by atoms with Gasteiger partial charge in [-0.25, -0.2) is 0 Å². The predicted octanol–water partition coefficient (Wildman–Crippen LogP) is 4.38. The number of rotatable bonds is 5. The van der Waals surface area contributed by atoms with E-state index in [2.05, 4.69) is 52.9 Å². The number of hydrogen-bond acceptors (Lipinski definition) is 3. The van der Waals surface area contributed by atoms with Gasteiger partial charge in [-0.05, 0) is 43.2 Å². The molecule has 0 unspecified atom stereocenters. The van der Waals surface area contributed by atoms with Gasteiger partial charge in [-0.2, -0.15) is 0 Å². The summed E-state index contributed by atoms with van der Waals surface area (Å²) in [5.74, 6) is 0.0888. The van der Waals surface area contributed by atoms with Gasteiger partial charge in [0.1, 0.15) is 0 Å². The van der Waals surface area contributed by atoms with E-state index in [0.29, 0.717) is 18.7 Å². The number of Topliss-reactive ketones (excluding diaryl/α,β-unsaturated/α-hetero) is 1. The third kappa shape index (κ3) is 4.78. The highest BCUT2D eigenvalue weighted by Crippen LogP contribution is 2.24. The summed E-state index contributed by atoms with van der Waals surface area (Å²) in [4.78, 5) is 29.0. The molecule has 1 aliphatic heterocycles. The number of amides is 1. The van der Waals surface area contributed by atoms with Gasteiger partial charge in [-0.1, -0.05) is 40.2 Å². The summed E-state index contributed by atoms with van der Waals surface area (Å²) < 4.78 is 0.942. The van der Waals surface area contributed by atoms with Gasteiger partial charge in [0.2, 0.25) is 5.91 Å². The molecular formula is C22H25BrN2O2. The van der Waals surface area contributed by atoms with Gasteiger partial charge in [0.15, 0.2) is 5.78 Å². The molecule has 0 radical (unpaired) electrons. The Morgan fingerprint density at radius 1 is 0.926 bits per heavy atom. The summed E-state index contributed by atoms with van der Waals surface area (Å²) in [7, 11) is 0. The van der Waals surface area contributed by atoms with E-state index in [4.69, 9.17) is 0 Å². The molecule has 0 atom stereocenters. The molecule has 1 saturated heterocycles.